The molecule has 1 N–H and O–H groups in total. The molecule has 2 unspecified atom stereocenters. The van der Waals surface area contributed by atoms with Crippen molar-refractivity contribution in [1.82, 2.24) is 4.98 Å². The van der Waals surface area contributed by atoms with Gasteiger partial charge in [0.1, 0.15) is 0 Å². The number of carbonyl (C=O) groups excluding carboxylic acids is 1. The molecule has 1 aromatic rings. The zero-order chi connectivity index (χ0) is 17.2. The highest BCUT2D eigenvalue weighted by Crippen LogP contribution is 2.64. The Balaban J connectivity index is 1.54. The Kier molecular flexibility index (Phi) is 3.52. The lowest BCUT2D eigenvalue weighted by atomic mass is 9.49. The number of sulfone groups is 1. The largest absolute Gasteiger partial charge is 0.324 e. The number of halogens is 1. The number of amides is 1. The lowest BCUT2D eigenvalue weighted by Crippen LogP contribution is -2.57. The minimum Gasteiger partial charge on any atom is -0.324 e. The quantitative estimate of drug-likeness (QED) is 0.832. The van der Waals surface area contributed by atoms with Crippen LogP contribution in [0.25, 0.3) is 0 Å². The van der Waals surface area contributed by atoms with Gasteiger partial charge in [-0.3, -0.25) is 4.79 Å². The summed E-state index contributed by atoms with van der Waals surface area (Å²) in [5.41, 5.74) is 0.160. The second-order valence-electron chi connectivity index (χ2n) is 8.00. The molecule has 1 amide bonds. The van der Waals surface area contributed by atoms with Crippen LogP contribution < -0.4 is 5.32 Å². The molecule has 5 nitrogen and oxygen atoms in total. The Morgan fingerprint density at radius 3 is 2.42 bits per heavy atom. The molecule has 4 aliphatic rings. The van der Waals surface area contributed by atoms with Crippen LogP contribution in [0.4, 0.5) is 5.69 Å². The van der Waals surface area contributed by atoms with Crippen LogP contribution in [0.2, 0.25) is 0 Å². The van der Waals surface area contributed by atoms with Crippen molar-refractivity contribution in [3.8, 4) is 0 Å². The number of hydrogen-bond acceptors (Lipinski definition) is 4. The molecule has 4 saturated carbocycles. The zero-order valence-corrected chi connectivity index (χ0v) is 15.2. The van der Waals surface area contributed by atoms with Crippen LogP contribution in [0.15, 0.2) is 23.4 Å². The molecule has 0 aromatic carbocycles. The van der Waals surface area contributed by atoms with Crippen LogP contribution in [0.5, 0.6) is 0 Å². The van der Waals surface area contributed by atoms with E-state index in [1.165, 1.54) is 18.7 Å². The van der Waals surface area contributed by atoms with Gasteiger partial charge in [-0.05, 0) is 62.5 Å². The molecule has 0 spiro atoms. The summed E-state index contributed by atoms with van der Waals surface area (Å²) in [6.45, 7) is 0. The van der Waals surface area contributed by atoms with E-state index < -0.39 is 9.84 Å². The standard InChI is InChI=1S/C17H21ClN2O3S/c1-24(22,23)14-3-2-13(9-19-14)20-15(21)16-5-11-4-12(6-16)8-17(18,7-11)10-16/h2-3,9,11-12H,4-8,10H2,1H3,(H,20,21). The maximum atomic E-state index is 13.0. The van der Waals surface area contributed by atoms with Crippen molar-refractivity contribution < 1.29 is 13.2 Å². The number of pyridine rings is 1. The summed E-state index contributed by atoms with van der Waals surface area (Å²) in [4.78, 5) is 16.7. The molecule has 4 aliphatic carbocycles. The van der Waals surface area contributed by atoms with Gasteiger partial charge in [0.2, 0.25) is 5.91 Å². The predicted molar refractivity (Wildman–Crippen MR) is 91.7 cm³/mol. The monoisotopic (exact) mass is 368 g/mol. The smallest absolute Gasteiger partial charge is 0.230 e. The first-order chi connectivity index (χ1) is 11.2. The minimum absolute atomic E-state index is 0.00927. The molecular weight excluding hydrogens is 348 g/mol. The van der Waals surface area contributed by atoms with Crippen molar-refractivity contribution in [2.45, 2.75) is 48.4 Å². The average Bonchev–Trinajstić information content (AvgIpc) is 2.44. The number of anilines is 1. The highest BCUT2D eigenvalue weighted by Gasteiger charge is 2.60. The Hall–Kier alpha value is -1.14. The Bertz CT molecular complexity index is 777. The lowest BCUT2D eigenvalue weighted by molar-refractivity contribution is -0.138. The number of nitrogens with one attached hydrogen (secondary N) is 1. The Labute approximate surface area is 147 Å². The van der Waals surface area contributed by atoms with Crippen LogP contribution in [-0.4, -0.2) is 30.4 Å². The third-order valence-corrected chi connectivity index (χ3v) is 7.29. The molecular formula is C17H21ClN2O3S. The fourth-order valence-electron chi connectivity index (χ4n) is 5.35. The van der Waals surface area contributed by atoms with E-state index in [-0.39, 0.29) is 21.2 Å². The fraction of sp³-hybridized carbons (Fsp3) is 0.647. The van der Waals surface area contributed by atoms with Crippen LogP contribution in [0.3, 0.4) is 0 Å². The van der Waals surface area contributed by atoms with Gasteiger partial charge >= 0.3 is 0 Å². The van der Waals surface area contributed by atoms with E-state index in [2.05, 4.69) is 10.3 Å². The molecule has 0 aliphatic heterocycles. The molecule has 24 heavy (non-hydrogen) atoms. The third kappa shape index (κ3) is 2.73. The maximum Gasteiger partial charge on any atom is 0.230 e. The molecule has 0 radical (unpaired) electrons. The lowest BCUT2D eigenvalue weighted by Gasteiger charge is -2.59. The van der Waals surface area contributed by atoms with E-state index in [0.717, 1.165) is 38.4 Å². The van der Waals surface area contributed by atoms with Crippen molar-refractivity contribution in [2.75, 3.05) is 11.6 Å². The number of hydrogen-bond donors (Lipinski definition) is 1. The van der Waals surface area contributed by atoms with Gasteiger partial charge in [0.05, 0.1) is 17.3 Å². The van der Waals surface area contributed by atoms with E-state index in [9.17, 15) is 13.2 Å². The SMILES string of the molecule is CS(=O)(=O)c1ccc(NC(=O)C23CC4CC(CC(Cl)(C4)C2)C3)cn1. The summed E-state index contributed by atoms with van der Waals surface area (Å²) in [5, 5.41) is 2.95. The molecule has 130 valence electrons. The van der Waals surface area contributed by atoms with Gasteiger partial charge in [-0.25, -0.2) is 13.4 Å². The van der Waals surface area contributed by atoms with Crippen LogP contribution in [0.1, 0.15) is 38.5 Å². The van der Waals surface area contributed by atoms with Crippen molar-refractivity contribution in [1.29, 1.82) is 0 Å². The summed E-state index contributed by atoms with van der Waals surface area (Å²) in [5.74, 6) is 1.12. The summed E-state index contributed by atoms with van der Waals surface area (Å²) in [6, 6.07) is 3.02. The second-order valence-corrected chi connectivity index (χ2v) is 10.8. The molecule has 4 bridgehead atoms. The average molecular weight is 369 g/mol. The molecule has 5 rings (SSSR count). The van der Waals surface area contributed by atoms with Crippen molar-refractivity contribution in [2.24, 2.45) is 17.3 Å². The molecule has 7 heteroatoms. The Morgan fingerprint density at radius 1 is 1.25 bits per heavy atom. The van der Waals surface area contributed by atoms with Gasteiger partial charge < -0.3 is 5.32 Å². The molecule has 0 saturated heterocycles. The second kappa shape index (κ2) is 5.18. The highest BCUT2D eigenvalue weighted by molar-refractivity contribution is 7.90. The van der Waals surface area contributed by atoms with Gasteiger partial charge in [0.15, 0.2) is 14.9 Å². The minimum atomic E-state index is -3.33. The van der Waals surface area contributed by atoms with Crippen molar-refractivity contribution in [3.05, 3.63) is 18.3 Å². The first-order valence-corrected chi connectivity index (χ1v) is 10.6. The topological polar surface area (TPSA) is 76.1 Å². The van der Waals surface area contributed by atoms with Crippen LogP contribution in [-0.2, 0) is 14.6 Å². The zero-order valence-electron chi connectivity index (χ0n) is 13.6. The third-order valence-electron chi connectivity index (χ3n) is 5.85. The van der Waals surface area contributed by atoms with E-state index in [1.54, 1.807) is 6.07 Å². The summed E-state index contributed by atoms with van der Waals surface area (Å²) < 4.78 is 22.9. The maximum absolute atomic E-state index is 13.0. The Morgan fingerprint density at radius 2 is 1.92 bits per heavy atom. The fourth-order valence-corrected chi connectivity index (χ4v) is 6.61. The van der Waals surface area contributed by atoms with Gasteiger partial charge in [-0.1, -0.05) is 0 Å². The molecule has 1 aromatic heterocycles. The predicted octanol–water partition coefficient (Wildman–Crippen LogP) is 3.00. The van der Waals surface area contributed by atoms with E-state index in [4.69, 9.17) is 11.6 Å². The van der Waals surface area contributed by atoms with Crippen molar-refractivity contribution >= 4 is 33.0 Å². The van der Waals surface area contributed by atoms with Gasteiger partial charge in [-0.2, -0.15) is 0 Å². The number of rotatable bonds is 3. The first-order valence-electron chi connectivity index (χ1n) is 8.34. The number of aromatic nitrogens is 1. The summed E-state index contributed by atoms with van der Waals surface area (Å²) in [6.07, 6.45) is 8.37. The number of alkyl halides is 1. The van der Waals surface area contributed by atoms with E-state index >= 15 is 0 Å². The van der Waals surface area contributed by atoms with Gasteiger partial charge in [0, 0.05) is 11.1 Å². The van der Waals surface area contributed by atoms with Crippen molar-refractivity contribution in [3.63, 3.8) is 0 Å². The summed E-state index contributed by atoms with van der Waals surface area (Å²) in [7, 11) is -3.33. The van der Waals surface area contributed by atoms with E-state index in [0.29, 0.717) is 17.5 Å². The normalized spacial score (nSPS) is 37.4. The van der Waals surface area contributed by atoms with E-state index in [1.807, 2.05) is 0 Å². The molecule has 2 atom stereocenters. The van der Waals surface area contributed by atoms with Gasteiger partial charge in [-0.15, -0.1) is 11.6 Å². The number of nitrogens with zero attached hydrogens (tertiary/aromatic N) is 1. The van der Waals surface area contributed by atoms with Crippen LogP contribution in [0, 0.1) is 17.3 Å². The van der Waals surface area contributed by atoms with Gasteiger partial charge in [0.25, 0.3) is 0 Å². The number of carbonyl (C=O) groups is 1. The highest BCUT2D eigenvalue weighted by atomic mass is 35.5. The molecule has 4 fully saturated rings. The van der Waals surface area contributed by atoms with Crippen LogP contribution >= 0.6 is 11.6 Å². The first kappa shape index (κ1) is 16.3. The molecule has 1 heterocycles. The summed E-state index contributed by atoms with van der Waals surface area (Å²) >= 11 is 6.78.